The monoisotopic (exact) mass is 559 g/mol. The topological polar surface area (TPSA) is 35.6 Å². The first-order chi connectivity index (χ1) is 17.3. The van der Waals surface area contributed by atoms with Crippen molar-refractivity contribution in [2.45, 2.75) is 68.7 Å². The van der Waals surface area contributed by atoms with E-state index in [0.29, 0.717) is 0 Å². The second-order valence-corrected chi connectivity index (χ2v) is 9.26. The molecule has 1 aromatic rings. The van der Waals surface area contributed by atoms with Gasteiger partial charge in [-0.05, 0) is 50.0 Å². The summed E-state index contributed by atoms with van der Waals surface area (Å²) < 4.78 is 1.17. The number of carbonyl (C=O) groups is 1. The standard InChI is InChI=1S/C25H32BrN3O.3C2H6/c1-17(14-23-19(3)27-11-8-24(23)26)16-29-12-9-20(10-13-29)21-6-7-22(18(2)15-21)25(30)28(4)5;3*1-2/h6-9,14-15,27H,10-13,16H2,1-5H3;3*1-2H3/b17-14+;;;. The maximum Gasteiger partial charge on any atom is 0.253 e. The molecule has 2 aliphatic heterocycles. The third-order valence-corrected chi connectivity index (χ3v) is 6.45. The molecule has 0 spiro atoms. The average molecular weight is 561 g/mol. The van der Waals surface area contributed by atoms with Crippen LogP contribution in [0, 0.1) is 6.92 Å². The minimum atomic E-state index is 0.0603. The van der Waals surface area contributed by atoms with Crippen LogP contribution in [0.5, 0.6) is 0 Å². The Kier molecular flexibility index (Phi) is 17.1. The molecule has 3 rings (SSSR count). The van der Waals surface area contributed by atoms with Gasteiger partial charge in [0.1, 0.15) is 0 Å². The molecule has 0 bridgehead atoms. The van der Waals surface area contributed by atoms with E-state index in [-0.39, 0.29) is 5.91 Å². The smallest absolute Gasteiger partial charge is 0.253 e. The van der Waals surface area contributed by atoms with Crippen molar-refractivity contribution >= 4 is 27.4 Å². The van der Waals surface area contributed by atoms with Gasteiger partial charge in [0, 0.05) is 61.6 Å². The van der Waals surface area contributed by atoms with Crippen LogP contribution in [0.1, 0.15) is 83.3 Å². The largest absolute Gasteiger partial charge is 0.385 e. The molecule has 1 N–H and O–H groups in total. The van der Waals surface area contributed by atoms with Crippen molar-refractivity contribution in [3.8, 4) is 0 Å². The van der Waals surface area contributed by atoms with Crippen molar-refractivity contribution in [3.05, 3.63) is 74.4 Å². The van der Waals surface area contributed by atoms with Gasteiger partial charge < -0.3 is 10.2 Å². The lowest BCUT2D eigenvalue weighted by Gasteiger charge is -2.27. The normalized spacial score (nSPS) is 15.5. The van der Waals surface area contributed by atoms with Crippen molar-refractivity contribution in [2.24, 2.45) is 0 Å². The molecule has 36 heavy (non-hydrogen) atoms. The van der Waals surface area contributed by atoms with Gasteiger partial charge in [0.05, 0.1) is 0 Å². The zero-order valence-corrected chi connectivity index (χ0v) is 26.3. The molecule has 0 fully saturated rings. The molecular formula is C31H50BrN3O. The molecule has 1 aromatic carbocycles. The first kappa shape index (κ1) is 33.9. The summed E-state index contributed by atoms with van der Waals surface area (Å²) in [5.41, 5.74) is 8.25. The minimum absolute atomic E-state index is 0.0603. The van der Waals surface area contributed by atoms with Gasteiger partial charge in [-0.1, -0.05) is 93.4 Å². The van der Waals surface area contributed by atoms with Crippen molar-refractivity contribution < 1.29 is 4.79 Å². The number of hydrogen-bond donors (Lipinski definition) is 1. The SMILES string of the molecule is CC.CC.CC.CC1=C(/C=C(\C)CN2CC=C(c3ccc(C(=O)N(C)C)c(C)c3)CC2)C(Br)=CCN1. The van der Waals surface area contributed by atoms with Crippen molar-refractivity contribution in [2.75, 3.05) is 40.3 Å². The molecule has 2 aliphatic rings. The van der Waals surface area contributed by atoms with E-state index in [2.05, 4.69) is 70.4 Å². The lowest BCUT2D eigenvalue weighted by atomic mass is 9.95. The van der Waals surface area contributed by atoms with Crippen LogP contribution in [0.4, 0.5) is 0 Å². The Bertz CT molecular complexity index is 955. The summed E-state index contributed by atoms with van der Waals surface area (Å²) in [4.78, 5) is 16.4. The van der Waals surface area contributed by atoms with Crippen LogP contribution in [0.15, 0.2) is 57.8 Å². The predicted octanol–water partition coefficient (Wildman–Crippen LogP) is 7.97. The summed E-state index contributed by atoms with van der Waals surface area (Å²) in [6, 6.07) is 6.21. The Balaban J connectivity index is 0.00000190. The number of nitrogens with zero attached hydrogens (tertiary/aromatic N) is 2. The number of allylic oxidation sites excluding steroid dienone is 4. The highest BCUT2D eigenvalue weighted by Gasteiger charge is 2.17. The molecular weight excluding hydrogens is 510 g/mol. The van der Waals surface area contributed by atoms with Gasteiger partial charge in [0.15, 0.2) is 0 Å². The van der Waals surface area contributed by atoms with E-state index in [0.717, 1.165) is 43.7 Å². The number of halogens is 1. The second kappa shape index (κ2) is 18.2. The highest BCUT2D eigenvalue weighted by Crippen LogP contribution is 2.27. The molecule has 0 atom stereocenters. The molecule has 1 amide bonds. The van der Waals surface area contributed by atoms with Gasteiger partial charge in [-0.3, -0.25) is 9.69 Å². The highest BCUT2D eigenvalue weighted by atomic mass is 79.9. The van der Waals surface area contributed by atoms with Crippen LogP contribution in [0.3, 0.4) is 0 Å². The second-order valence-electron chi connectivity index (χ2n) is 8.41. The van der Waals surface area contributed by atoms with Crippen molar-refractivity contribution in [1.82, 2.24) is 15.1 Å². The van der Waals surface area contributed by atoms with E-state index < -0.39 is 0 Å². The number of carbonyl (C=O) groups excluding carboxylic acids is 1. The molecule has 4 nitrogen and oxygen atoms in total. The van der Waals surface area contributed by atoms with E-state index in [1.54, 1.807) is 19.0 Å². The van der Waals surface area contributed by atoms with Crippen molar-refractivity contribution in [3.63, 3.8) is 0 Å². The van der Waals surface area contributed by atoms with Crippen LogP contribution in [0.25, 0.3) is 5.57 Å². The van der Waals surface area contributed by atoms with E-state index in [4.69, 9.17) is 0 Å². The summed E-state index contributed by atoms with van der Waals surface area (Å²) in [6.45, 7) is 22.2. The number of dihydropyridines is 1. The van der Waals surface area contributed by atoms with Crippen molar-refractivity contribution in [1.29, 1.82) is 0 Å². The molecule has 0 saturated carbocycles. The molecule has 2 heterocycles. The lowest BCUT2D eigenvalue weighted by Crippen LogP contribution is -2.30. The fourth-order valence-corrected chi connectivity index (χ4v) is 4.53. The third-order valence-electron chi connectivity index (χ3n) is 5.70. The first-order valence-electron chi connectivity index (χ1n) is 13.5. The molecule has 0 saturated heterocycles. The maximum absolute atomic E-state index is 12.3. The minimum Gasteiger partial charge on any atom is -0.385 e. The average Bonchev–Trinajstić information content (AvgIpc) is 2.90. The number of aryl methyl sites for hydroxylation is 1. The van der Waals surface area contributed by atoms with E-state index in [9.17, 15) is 4.79 Å². The van der Waals surface area contributed by atoms with Crippen LogP contribution in [-0.2, 0) is 0 Å². The molecule has 202 valence electrons. The fraction of sp³-hybridized carbons (Fsp3) is 0.516. The van der Waals surface area contributed by atoms with Crippen LogP contribution < -0.4 is 5.32 Å². The Hall–Kier alpha value is -2.11. The summed E-state index contributed by atoms with van der Waals surface area (Å²) in [7, 11) is 3.59. The Morgan fingerprint density at radius 1 is 1.08 bits per heavy atom. The molecule has 0 unspecified atom stereocenters. The lowest BCUT2D eigenvalue weighted by molar-refractivity contribution is 0.0827. The number of amides is 1. The number of nitrogens with one attached hydrogen (secondary N) is 1. The summed E-state index contributed by atoms with van der Waals surface area (Å²) in [5.74, 6) is 0.0603. The van der Waals surface area contributed by atoms with Gasteiger partial charge in [-0.15, -0.1) is 0 Å². The molecule has 0 radical (unpaired) electrons. The number of rotatable bonds is 5. The van der Waals surface area contributed by atoms with Crippen LogP contribution in [-0.4, -0.2) is 56.0 Å². The van der Waals surface area contributed by atoms with E-state index >= 15 is 0 Å². The van der Waals surface area contributed by atoms with E-state index in [1.807, 2.05) is 54.5 Å². The van der Waals surface area contributed by atoms with Crippen LogP contribution in [0.2, 0.25) is 0 Å². The maximum atomic E-state index is 12.3. The summed E-state index contributed by atoms with van der Waals surface area (Å²) in [6.07, 6.45) is 7.81. The first-order valence-corrected chi connectivity index (χ1v) is 14.3. The summed E-state index contributed by atoms with van der Waals surface area (Å²) in [5, 5.41) is 3.40. The van der Waals surface area contributed by atoms with E-state index in [1.165, 1.54) is 32.5 Å². The molecule has 0 aliphatic carbocycles. The van der Waals surface area contributed by atoms with Gasteiger partial charge in [-0.25, -0.2) is 0 Å². The van der Waals surface area contributed by atoms with Crippen LogP contribution >= 0.6 is 15.9 Å². The Morgan fingerprint density at radius 3 is 2.22 bits per heavy atom. The molecule has 5 heteroatoms. The quantitative estimate of drug-likeness (QED) is 0.397. The number of hydrogen-bond acceptors (Lipinski definition) is 3. The zero-order valence-electron chi connectivity index (χ0n) is 24.7. The zero-order chi connectivity index (χ0) is 27.8. The third kappa shape index (κ3) is 10.1. The number of benzene rings is 1. The summed E-state index contributed by atoms with van der Waals surface area (Å²) >= 11 is 3.68. The predicted molar refractivity (Wildman–Crippen MR) is 164 cm³/mol. The Morgan fingerprint density at radius 2 is 1.72 bits per heavy atom. The molecule has 0 aromatic heterocycles. The van der Waals surface area contributed by atoms with Gasteiger partial charge in [0.25, 0.3) is 5.91 Å². The van der Waals surface area contributed by atoms with Gasteiger partial charge in [0.2, 0.25) is 0 Å². The Labute approximate surface area is 230 Å². The fourth-order valence-electron chi connectivity index (χ4n) is 3.96. The van der Waals surface area contributed by atoms with Gasteiger partial charge >= 0.3 is 0 Å². The van der Waals surface area contributed by atoms with Gasteiger partial charge in [-0.2, -0.15) is 0 Å². The highest BCUT2D eigenvalue weighted by molar-refractivity contribution is 9.12.